The van der Waals surface area contributed by atoms with Gasteiger partial charge in [-0.15, -0.1) is 0 Å². The molecule has 1 aromatic rings. The number of nitrogens with one attached hydrogen (secondary N) is 1. The van der Waals surface area contributed by atoms with Crippen LogP contribution in [0.25, 0.3) is 0 Å². The van der Waals surface area contributed by atoms with Crippen LogP contribution in [0.1, 0.15) is 57.9 Å². The first-order valence-corrected chi connectivity index (χ1v) is 9.51. The van der Waals surface area contributed by atoms with Crippen molar-refractivity contribution < 1.29 is 14.3 Å². The Morgan fingerprint density at radius 1 is 1.36 bits per heavy atom. The Hall–Kier alpha value is -1.75. The van der Waals surface area contributed by atoms with Crippen LogP contribution in [-0.4, -0.2) is 25.2 Å². The minimum absolute atomic E-state index is 0.0132. The van der Waals surface area contributed by atoms with Crippen LogP contribution in [0.15, 0.2) is 12.1 Å². The van der Waals surface area contributed by atoms with E-state index in [0.29, 0.717) is 25.3 Å². The van der Waals surface area contributed by atoms with Gasteiger partial charge in [0.15, 0.2) is 0 Å². The van der Waals surface area contributed by atoms with E-state index in [1.165, 1.54) is 19.3 Å². The van der Waals surface area contributed by atoms with E-state index in [1.54, 1.807) is 0 Å². The molecule has 5 nitrogen and oxygen atoms in total. The summed E-state index contributed by atoms with van der Waals surface area (Å²) in [7, 11) is 0. The van der Waals surface area contributed by atoms with Crippen LogP contribution >= 0.6 is 0 Å². The lowest BCUT2D eigenvalue weighted by atomic mass is 9.71. The molecule has 5 heteroatoms. The molecule has 1 unspecified atom stereocenters. The van der Waals surface area contributed by atoms with Crippen molar-refractivity contribution in [3.63, 3.8) is 0 Å². The van der Waals surface area contributed by atoms with E-state index in [1.807, 2.05) is 26.0 Å². The standard InChI is InChI=1S/C20H30N2O3/c1-3-24-18-10-15-9-14(2)25-17(15)11-16(18)22-19(23)12-20(13-21)7-5-4-6-8-20/h10-11,14H,3-9,12-13,21H2,1-2H3,(H,22,23). The molecule has 1 aliphatic heterocycles. The topological polar surface area (TPSA) is 73.6 Å². The summed E-state index contributed by atoms with van der Waals surface area (Å²) >= 11 is 0. The Bertz CT molecular complexity index is 624. The molecule has 3 N–H and O–H groups in total. The van der Waals surface area contributed by atoms with Gasteiger partial charge in [-0.25, -0.2) is 0 Å². The first-order valence-electron chi connectivity index (χ1n) is 9.51. The number of fused-ring (bicyclic) bond motifs is 1. The number of carbonyl (C=O) groups excluding carboxylic acids is 1. The monoisotopic (exact) mass is 346 g/mol. The highest BCUT2D eigenvalue weighted by Gasteiger charge is 2.33. The lowest BCUT2D eigenvalue weighted by molar-refractivity contribution is -0.118. The number of nitrogens with two attached hydrogens (primary N) is 1. The van der Waals surface area contributed by atoms with Crippen LogP contribution in [0.4, 0.5) is 5.69 Å². The zero-order chi connectivity index (χ0) is 17.9. The molecule has 1 amide bonds. The molecule has 0 radical (unpaired) electrons. The lowest BCUT2D eigenvalue weighted by Crippen LogP contribution is -2.36. The molecule has 1 fully saturated rings. The molecule has 0 bridgehead atoms. The van der Waals surface area contributed by atoms with E-state index in [2.05, 4.69) is 5.32 Å². The smallest absolute Gasteiger partial charge is 0.225 e. The molecule has 0 saturated heterocycles. The molecule has 25 heavy (non-hydrogen) atoms. The van der Waals surface area contributed by atoms with Crippen molar-refractivity contribution in [3.8, 4) is 11.5 Å². The van der Waals surface area contributed by atoms with Gasteiger partial charge in [-0.1, -0.05) is 19.3 Å². The number of hydrogen-bond donors (Lipinski definition) is 2. The molecule has 1 aliphatic carbocycles. The fourth-order valence-electron chi connectivity index (χ4n) is 4.10. The van der Waals surface area contributed by atoms with Crippen molar-refractivity contribution in [2.75, 3.05) is 18.5 Å². The highest BCUT2D eigenvalue weighted by Crippen LogP contribution is 2.40. The average Bonchev–Trinajstić information content (AvgIpc) is 2.95. The van der Waals surface area contributed by atoms with Gasteiger partial charge in [0, 0.05) is 24.5 Å². The van der Waals surface area contributed by atoms with Gasteiger partial charge in [0.2, 0.25) is 5.91 Å². The van der Waals surface area contributed by atoms with E-state index < -0.39 is 0 Å². The highest BCUT2D eigenvalue weighted by atomic mass is 16.5. The Morgan fingerprint density at radius 2 is 2.12 bits per heavy atom. The maximum absolute atomic E-state index is 12.7. The highest BCUT2D eigenvalue weighted by molar-refractivity contribution is 5.93. The minimum atomic E-state index is -0.0458. The normalized spacial score (nSPS) is 21.3. The minimum Gasteiger partial charge on any atom is -0.492 e. The van der Waals surface area contributed by atoms with E-state index in [4.69, 9.17) is 15.2 Å². The second kappa shape index (κ2) is 7.65. The zero-order valence-corrected chi connectivity index (χ0v) is 15.4. The van der Waals surface area contributed by atoms with Gasteiger partial charge in [0.1, 0.15) is 17.6 Å². The van der Waals surface area contributed by atoms with Crippen molar-refractivity contribution in [2.45, 2.75) is 64.9 Å². The van der Waals surface area contributed by atoms with Crippen LogP contribution in [0.3, 0.4) is 0 Å². The second-order valence-corrected chi connectivity index (χ2v) is 7.51. The first-order chi connectivity index (χ1) is 12.0. The van der Waals surface area contributed by atoms with E-state index in [9.17, 15) is 4.79 Å². The van der Waals surface area contributed by atoms with E-state index in [-0.39, 0.29) is 17.4 Å². The van der Waals surface area contributed by atoms with E-state index >= 15 is 0 Å². The molecule has 1 atom stereocenters. The fraction of sp³-hybridized carbons (Fsp3) is 0.650. The summed E-state index contributed by atoms with van der Waals surface area (Å²) in [5.74, 6) is 1.58. The van der Waals surface area contributed by atoms with Crippen molar-refractivity contribution in [3.05, 3.63) is 17.7 Å². The van der Waals surface area contributed by atoms with Gasteiger partial charge >= 0.3 is 0 Å². The number of carbonyl (C=O) groups is 1. The quantitative estimate of drug-likeness (QED) is 0.824. The molecule has 1 heterocycles. The summed E-state index contributed by atoms with van der Waals surface area (Å²) < 4.78 is 11.6. The summed E-state index contributed by atoms with van der Waals surface area (Å²) in [4.78, 5) is 12.7. The summed E-state index contributed by atoms with van der Waals surface area (Å²) in [5.41, 5.74) is 7.81. The van der Waals surface area contributed by atoms with Crippen molar-refractivity contribution in [2.24, 2.45) is 11.1 Å². The third-order valence-corrected chi connectivity index (χ3v) is 5.45. The molecule has 1 saturated carbocycles. The van der Waals surface area contributed by atoms with Crippen molar-refractivity contribution in [1.82, 2.24) is 0 Å². The summed E-state index contributed by atoms with van der Waals surface area (Å²) in [5, 5.41) is 3.05. The Kier molecular flexibility index (Phi) is 5.52. The number of ether oxygens (including phenoxy) is 2. The molecule has 0 aromatic heterocycles. The van der Waals surface area contributed by atoms with Crippen molar-refractivity contribution in [1.29, 1.82) is 0 Å². The van der Waals surface area contributed by atoms with Gasteiger partial charge in [0.25, 0.3) is 0 Å². The molecule has 0 spiro atoms. The summed E-state index contributed by atoms with van der Waals surface area (Å²) in [6.45, 7) is 5.13. The van der Waals surface area contributed by atoms with Gasteiger partial charge < -0.3 is 20.5 Å². The second-order valence-electron chi connectivity index (χ2n) is 7.51. The van der Waals surface area contributed by atoms with Crippen LogP contribution in [0, 0.1) is 5.41 Å². The van der Waals surface area contributed by atoms with Gasteiger partial charge in [-0.2, -0.15) is 0 Å². The van der Waals surface area contributed by atoms with Gasteiger partial charge in [-0.05, 0) is 44.7 Å². The molecular weight excluding hydrogens is 316 g/mol. The molecule has 2 aliphatic rings. The molecule has 138 valence electrons. The molecule has 3 rings (SSSR count). The third-order valence-electron chi connectivity index (χ3n) is 5.45. The zero-order valence-electron chi connectivity index (χ0n) is 15.4. The number of rotatable bonds is 6. The average molecular weight is 346 g/mol. The van der Waals surface area contributed by atoms with Crippen LogP contribution < -0.4 is 20.5 Å². The number of benzene rings is 1. The first kappa shape index (κ1) is 18.1. The van der Waals surface area contributed by atoms with Gasteiger partial charge in [0.05, 0.1) is 12.3 Å². The number of hydrogen-bond acceptors (Lipinski definition) is 4. The maximum atomic E-state index is 12.7. The molecule has 1 aromatic carbocycles. The summed E-state index contributed by atoms with van der Waals surface area (Å²) in [6, 6.07) is 3.90. The van der Waals surface area contributed by atoms with Gasteiger partial charge in [-0.3, -0.25) is 4.79 Å². The number of anilines is 1. The Balaban J connectivity index is 1.75. The SMILES string of the molecule is CCOc1cc2c(cc1NC(=O)CC1(CN)CCCCC1)OC(C)C2. The number of amides is 1. The largest absolute Gasteiger partial charge is 0.492 e. The maximum Gasteiger partial charge on any atom is 0.225 e. The molecular formula is C20H30N2O3. The van der Waals surface area contributed by atoms with Crippen LogP contribution in [0.2, 0.25) is 0 Å². The van der Waals surface area contributed by atoms with E-state index in [0.717, 1.165) is 36.3 Å². The summed E-state index contributed by atoms with van der Waals surface area (Å²) in [6.07, 6.45) is 7.18. The van der Waals surface area contributed by atoms with Crippen LogP contribution in [-0.2, 0) is 11.2 Å². The van der Waals surface area contributed by atoms with Crippen molar-refractivity contribution >= 4 is 11.6 Å². The van der Waals surface area contributed by atoms with Crippen LogP contribution in [0.5, 0.6) is 11.5 Å². The predicted molar refractivity (Wildman–Crippen MR) is 99.2 cm³/mol. The third kappa shape index (κ3) is 4.09. The predicted octanol–water partition coefficient (Wildman–Crippen LogP) is 3.65. The Morgan fingerprint density at radius 3 is 2.80 bits per heavy atom. The fourth-order valence-corrected chi connectivity index (χ4v) is 4.10. The lowest BCUT2D eigenvalue weighted by Gasteiger charge is -2.35. The Labute approximate surface area is 150 Å².